The Hall–Kier alpha value is -2.42. The molecule has 0 spiro atoms. The molecule has 0 radical (unpaired) electrons. The third kappa shape index (κ3) is 2.87. The molecule has 3 nitrogen and oxygen atoms in total. The average molecular weight is 277 g/mol. The Labute approximate surface area is 125 Å². The molecule has 21 heavy (non-hydrogen) atoms. The zero-order valence-electron chi connectivity index (χ0n) is 12.6. The third-order valence-electron chi connectivity index (χ3n) is 3.52. The zero-order chi connectivity index (χ0) is 14.9. The Balaban J connectivity index is 1.97. The van der Waals surface area contributed by atoms with Gasteiger partial charge in [0.05, 0.1) is 0 Å². The molecule has 0 saturated heterocycles. The molecule has 3 heteroatoms. The number of benzene rings is 2. The summed E-state index contributed by atoms with van der Waals surface area (Å²) in [6.45, 7) is 6.62. The smallest absolute Gasteiger partial charge is 0.181 e. The highest BCUT2D eigenvalue weighted by Crippen LogP contribution is 2.26. The average Bonchev–Trinajstić information content (AvgIpc) is 2.97. The summed E-state index contributed by atoms with van der Waals surface area (Å²) in [5.41, 5.74) is 3.49. The Morgan fingerprint density at radius 2 is 1.57 bits per heavy atom. The number of hydrogen-bond acceptors (Lipinski definition) is 2. The van der Waals surface area contributed by atoms with Gasteiger partial charge < -0.3 is 0 Å². The number of nitrogens with one attached hydrogen (secondary N) is 1. The zero-order valence-corrected chi connectivity index (χ0v) is 12.6. The minimum Gasteiger partial charge on any atom is -0.259 e. The monoisotopic (exact) mass is 277 g/mol. The molecular formula is C18H19N3. The maximum Gasteiger partial charge on any atom is 0.181 e. The van der Waals surface area contributed by atoms with E-state index in [9.17, 15) is 0 Å². The second kappa shape index (κ2) is 5.17. The summed E-state index contributed by atoms with van der Waals surface area (Å²) in [7, 11) is 0. The molecule has 0 saturated carbocycles. The van der Waals surface area contributed by atoms with E-state index in [-0.39, 0.29) is 5.41 Å². The molecule has 0 bridgehead atoms. The molecule has 0 aliphatic rings. The van der Waals surface area contributed by atoms with Crippen LogP contribution in [0.4, 0.5) is 0 Å². The van der Waals surface area contributed by atoms with Crippen molar-refractivity contribution in [1.82, 2.24) is 15.2 Å². The fourth-order valence-electron chi connectivity index (χ4n) is 2.24. The first-order chi connectivity index (χ1) is 10.0. The Morgan fingerprint density at radius 1 is 0.857 bits per heavy atom. The van der Waals surface area contributed by atoms with E-state index >= 15 is 0 Å². The van der Waals surface area contributed by atoms with Crippen molar-refractivity contribution in [1.29, 1.82) is 0 Å². The van der Waals surface area contributed by atoms with Crippen LogP contribution in [0.25, 0.3) is 22.8 Å². The number of aromatic amines is 1. The summed E-state index contributed by atoms with van der Waals surface area (Å²) in [6, 6.07) is 18.5. The lowest BCUT2D eigenvalue weighted by Gasteiger charge is -2.19. The molecule has 0 atom stereocenters. The van der Waals surface area contributed by atoms with Gasteiger partial charge in [-0.05, 0) is 17.0 Å². The molecule has 0 amide bonds. The molecule has 106 valence electrons. The maximum absolute atomic E-state index is 4.61. The minimum atomic E-state index is 0.120. The number of hydrogen-bond donors (Lipinski definition) is 1. The first-order valence-corrected chi connectivity index (χ1v) is 7.13. The van der Waals surface area contributed by atoms with Crippen molar-refractivity contribution >= 4 is 0 Å². The minimum absolute atomic E-state index is 0.120. The molecule has 0 aliphatic carbocycles. The lowest BCUT2D eigenvalue weighted by molar-refractivity contribution is 0.590. The quantitative estimate of drug-likeness (QED) is 0.752. The van der Waals surface area contributed by atoms with Crippen molar-refractivity contribution in [2.75, 3.05) is 0 Å². The molecule has 0 unspecified atom stereocenters. The Morgan fingerprint density at radius 3 is 2.29 bits per heavy atom. The van der Waals surface area contributed by atoms with E-state index < -0.39 is 0 Å². The van der Waals surface area contributed by atoms with Crippen LogP contribution in [-0.4, -0.2) is 15.2 Å². The lowest BCUT2D eigenvalue weighted by Crippen LogP contribution is -2.10. The SMILES string of the molecule is CC(C)(C)c1cccc(-c2n[nH]c(-c3ccccc3)n2)c1. The van der Waals surface area contributed by atoms with E-state index in [0.29, 0.717) is 0 Å². The summed E-state index contributed by atoms with van der Waals surface area (Å²) < 4.78 is 0. The second-order valence-corrected chi connectivity index (χ2v) is 6.20. The van der Waals surface area contributed by atoms with Gasteiger partial charge >= 0.3 is 0 Å². The van der Waals surface area contributed by atoms with Crippen molar-refractivity contribution < 1.29 is 0 Å². The highest BCUT2D eigenvalue weighted by molar-refractivity contribution is 5.61. The molecule has 0 fully saturated rings. The lowest BCUT2D eigenvalue weighted by atomic mass is 9.86. The van der Waals surface area contributed by atoms with Crippen LogP contribution in [0, 0.1) is 0 Å². The number of aromatic nitrogens is 3. The van der Waals surface area contributed by atoms with Gasteiger partial charge in [-0.1, -0.05) is 69.3 Å². The molecule has 3 aromatic rings. The Kier molecular flexibility index (Phi) is 3.34. The molecule has 0 aliphatic heterocycles. The standard InChI is InChI=1S/C18H19N3/c1-18(2,3)15-11-7-10-14(12-15)17-19-16(20-21-17)13-8-5-4-6-9-13/h4-12H,1-3H3,(H,19,20,21). The van der Waals surface area contributed by atoms with E-state index in [1.165, 1.54) is 5.56 Å². The largest absolute Gasteiger partial charge is 0.259 e. The van der Waals surface area contributed by atoms with Crippen LogP contribution in [0.3, 0.4) is 0 Å². The van der Waals surface area contributed by atoms with Crippen molar-refractivity contribution in [2.45, 2.75) is 26.2 Å². The molecule has 1 N–H and O–H groups in total. The summed E-state index contributed by atoms with van der Waals surface area (Å²) in [6.07, 6.45) is 0. The molecule has 1 heterocycles. The van der Waals surface area contributed by atoms with Gasteiger partial charge in [-0.25, -0.2) is 4.98 Å². The van der Waals surface area contributed by atoms with Crippen LogP contribution < -0.4 is 0 Å². The van der Waals surface area contributed by atoms with E-state index in [1.807, 2.05) is 36.4 Å². The number of H-pyrrole nitrogens is 1. The van der Waals surface area contributed by atoms with Crippen LogP contribution >= 0.6 is 0 Å². The topological polar surface area (TPSA) is 41.6 Å². The van der Waals surface area contributed by atoms with Crippen molar-refractivity contribution in [2.24, 2.45) is 0 Å². The summed E-state index contributed by atoms with van der Waals surface area (Å²) >= 11 is 0. The van der Waals surface area contributed by atoms with Crippen LogP contribution in [0.5, 0.6) is 0 Å². The molecular weight excluding hydrogens is 258 g/mol. The fourth-order valence-corrected chi connectivity index (χ4v) is 2.24. The highest BCUT2D eigenvalue weighted by Gasteiger charge is 2.15. The van der Waals surface area contributed by atoms with Gasteiger partial charge in [-0.2, -0.15) is 5.10 Å². The van der Waals surface area contributed by atoms with E-state index in [1.54, 1.807) is 0 Å². The Bertz CT molecular complexity index is 736. The molecule has 1 aromatic heterocycles. The van der Waals surface area contributed by atoms with Crippen molar-refractivity contribution in [3.05, 3.63) is 60.2 Å². The van der Waals surface area contributed by atoms with Crippen LogP contribution in [0.2, 0.25) is 0 Å². The van der Waals surface area contributed by atoms with Crippen LogP contribution in [-0.2, 0) is 5.41 Å². The number of nitrogens with zero attached hydrogens (tertiary/aromatic N) is 2. The van der Waals surface area contributed by atoms with Crippen molar-refractivity contribution in [3.63, 3.8) is 0 Å². The van der Waals surface area contributed by atoms with Crippen LogP contribution in [0.1, 0.15) is 26.3 Å². The van der Waals surface area contributed by atoms with E-state index in [2.05, 4.69) is 54.2 Å². The highest BCUT2D eigenvalue weighted by atomic mass is 15.2. The van der Waals surface area contributed by atoms with E-state index in [4.69, 9.17) is 0 Å². The summed E-state index contributed by atoms with van der Waals surface area (Å²) in [5.74, 6) is 1.53. The normalized spacial score (nSPS) is 11.6. The van der Waals surface area contributed by atoms with Crippen LogP contribution in [0.15, 0.2) is 54.6 Å². The van der Waals surface area contributed by atoms with Gasteiger partial charge in [-0.15, -0.1) is 0 Å². The van der Waals surface area contributed by atoms with Gasteiger partial charge in [0.2, 0.25) is 0 Å². The number of rotatable bonds is 2. The predicted octanol–water partition coefficient (Wildman–Crippen LogP) is 4.44. The van der Waals surface area contributed by atoms with Gasteiger partial charge in [0.1, 0.15) is 0 Å². The van der Waals surface area contributed by atoms with Gasteiger partial charge in [0, 0.05) is 11.1 Å². The predicted molar refractivity (Wildman–Crippen MR) is 86.0 cm³/mol. The second-order valence-electron chi connectivity index (χ2n) is 6.20. The molecule has 2 aromatic carbocycles. The maximum atomic E-state index is 4.61. The van der Waals surface area contributed by atoms with Gasteiger partial charge in [0.25, 0.3) is 0 Å². The summed E-state index contributed by atoms with van der Waals surface area (Å²) in [4.78, 5) is 4.61. The third-order valence-corrected chi connectivity index (χ3v) is 3.52. The fraction of sp³-hybridized carbons (Fsp3) is 0.222. The first kappa shape index (κ1) is 13.6. The van der Waals surface area contributed by atoms with Crippen molar-refractivity contribution in [3.8, 4) is 22.8 Å². The van der Waals surface area contributed by atoms with Gasteiger partial charge in [-0.3, -0.25) is 5.10 Å². The molecule has 3 rings (SSSR count). The first-order valence-electron chi connectivity index (χ1n) is 7.13. The summed E-state index contributed by atoms with van der Waals surface area (Å²) in [5, 5.41) is 7.37. The van der Waals surface area contributed by atoms with Gasteiger partial charge in [0.15, 0.2) is 11.6 Å². The van der Waals surface area contributed by atoms with E-state index in [0.717, 1.165) is 22.8 Å².